The number of nitrogens with zero attached hydrogens (tertiary/aromatic N) is 3. The molecule has 0 spiro atoms. The third-order valence-electron chi connectivity index (χ3n) is 2.90. The second-order valence-electron chi connectivity index (χ2n) is 6.76. The van der Waals surface area contributed by atoms with Gasteiger partial charge in [-0.3, -0.25) is 0 Å². The topological polar surface area (TPSA) is 9.72 Å². The Balaban J connectivity index is 2.99. The minimum Gasteiger partial charge on any atom is -0.382 e. The number of hydrogen-bond acceptors (Lipinski definition) is 3. The molecule has 1 aliphatic heterocycles. The molecule has 16 heavy (non-hydrogen) atoms. The van der Waals surface area contributed by atoms with E-state index in [9.17, 15) is 0 Å². The van der Waals surface area contributed by atoms with Crippen LogP contribution in [0.1, 0.15) is 41.5 Å². The van der Waals surface area contributed by atoms with Crippen LogP contribution in [-0.2, 0) is 0 Å². The summed E-state index contributed by atoms with van der Waals surface area (Å²) in [5, 5.41) is 0. The van der Waals surface area contributed by atoms with Crippen LogP contribution in [0.15, 0.2) is 12.4 Å². The van der Waals surface area contributed by atoms with Crippen molar-refractivity contribution < 1.29 is 0 Å². The quantitative estimate of drug-likeness (QED) is 0.631. The van der Waals surface area contributed by atoms with Gasteiger partial charge in [0.15, 0.2) is 0 Å². The zero-order valence-corrected chi connectivity index (χ0v) is 12.1. The Labute approximate surface area is 101 Å². The Kier molecular flexibility index (Phi) is 3.35. The van der Waals surface area contributed by atoms with E-state index in [0.717, 1.165) is 0 Å². The molecule has 0 aromatic rings. The number of hydrogen-bond donors (Lipinski definition) is 0. The van der Waals surface area contributed by atoms with Crippen molar-refractivity contribution >= 4 is 7.12 Å². The molecular formula is C12H26BN3. The summed E-state index contributed by atoms with van der Waals surface area (Å²) in [6, 6.07) is 0. The van der Waals surface area contributed by atoms with Crippen molar-refractivity contribution in [3.63, 3.8) is 0 Å². The second kappa shape index (κ2) is 3.99. The first kappa shape index (κ1) is 13.4. The van der Waals surface area contributed by atoms with Crippen LogP contribution in [0.4, 0.5) is 0 Å². The molecule has 0 aromatic carbocycles. The fourth-order valence-corrected chi connectivity index (χ4v) is 2.07. The Bertz CT molecular complexity index is 249. The first-order valence-corrected chi connectivity index (χ1v) is 5.97. The lowest BCUT2D eigenvalue weighted by Crippen LogP contribution is -2.62. The Morgan fingerprint density at radius 3 is 1.31 bits per heavy atom. The molecule has 0 aromatic heterocycles. The van der Waals surface area contributed by atoms with Gasteiger partial charge in [-0.05, 0) is 55.6 Å². The fourth-order valence-electron chi connectivity index (χ4n) is 2.07. The van der Waals surface area contributed by atoms with Gasteiger partial charge in [-0.25, -0.2) is 0 Å². The first-order valence-electron chi connectivity index (χ1n) is 5.97. The van der Waals surface area contributed by atoms with E-state index in [1.807, 2.05) is 0 Å². The van der Waals surface area contributed by atoms with E-state index in [4.69, 9.17) is 0 Å². The van der Waals surface area contributed by atoms with Crippen LogP contribution >= 0.6 is 0 Å². The highest BCUT2D eigenvalue weighted by Crippen LogP contribution is 2.29. The van der Waals surface area contributed by atoms with Gasteiger partial charge in [0.05, 0.1) is 0 Å². The van der Waals surface area contributed by atoms with E-state index < -0.39 is 0 Å². The summed E-state index contributed by atoms with van der Waals surface area (Å²) in [6.07, 6.45) is 4.41. The van der Waals surface area contributed by atoms with Crippen molar-refractivity contribution in [1.82, 2.24) is 14.4 Å². The summed E-state index contributed by atoms with van der Waals surface area (Å²) in [6.45, 7) is 13.5. The van der Waals surface area contributed by atoms with Gasteiger partial charge < -0.3 is 14.4 Å². The molecule has 92 valence electrons. The van der Waals surface area contributed by atoms with Gasteiger partial charge in [0.2, 0.25) is 0 Å². The molecule has 0 atom stereocenters. The molecule has 0 unspecified atom stereocenters. The summed E-state index contributed by atoms with van der Waals surface area (Å²) in [7, 11) is 4.57. The van der Waals surface area contributed by atoms with Crippen LogP contribution < -0.4 is 0 Å². The minimum absolute atomic E-state index is 0.144. The Morgan fingerprint density at radius 1 is 0.812 bits per heavy atom. The van der Waals surface area contributed by atoms with Crippen molar-refractivity contribution in [2.24, 2.45) is 0 Å². The molecule has 0 N–H and O–H groups in total. The van der Waals surface area contributed by atoms with Gasteiger partial charge >= 0.3 is 7.12 Å². The van der Waals surface area contributed by atoms with Gasteiger partial charge in [0.25, 0.3) is 0 Å². The van der Waals surface area contributed by atoms with Crippen LogP contribution in [-0.4, -0.2) is 46.7 Å². The number of rotatable bonds is 1. The molecular weight excluding hydrogens is 197 g/mol. The van der Waals surface area contributed by atoms with E-state index in [-0.39, 0.29) is 11.1 Å². The lowest BCUT2D eigenvalue weighted by molar-refractivity contribution is 0.250. The van der Waals surface area contributed by atoms with Gasteiger partial charge in [-0.2, -0.15) is 0 Å². The van der Waals surface area contributed by atoms with E-state index in [2.05, 4.69) is 82.5 Å². The average molecular weight is 223 g/mol. The Hall–Kier alpha value is -0.635. The minimum atomic E-state index is 0.144. The van der Waals surface area contributed by atoms with Crippen molar-refractivity contribution in [2.45, 2.75) is 52.6 Å². The van der Waals surface area contributed by atoms with E-state index in [1.165, 1.54) is 0 Å². The maximum Gasteiger partial charge on any atom is 0.470 e. The van der Waals surface area contributed by atoms with E-state index >= 15 is 0 Å². The molecule has 0 saturated carbocycles. The Morgan fingerprint density at radius 2 is 1.12 bits per heavy atom. The van der Waals surface area contributed by atoms with Crippen LogP contribution in [0.25, 0.3) is 0 Å². The second-order valence-corrected chi connectivity index (χ2v) is 6.76. The maximum absolute atomic E-state index is 2.40. The standard InChI is InChI=1S/C12H26BN3/c1-11(2,3)15-9-10-16(12(4,5)6)13(15)14(7)8/h9-10H,1-8H3. The monoisotopic (exact) mass is 223 g/mol. The molecule has 0 amide bonds. The highest BCUT2D eigenvalue weighted by Gasteiger charge is 2.44. The average Bonchev–Trinajstić information content (AvgIpc) is 2.43. The third kappa shape index (κ3) is 2.54. The molecule has 1 aliphatic rings. The molecule has 1 rings (SSSR count). The smallest absolute Gasteiger partial charge is 0.382 e. The lowest BCUT2D eigenvalue weighted by atomic mass is 9.78. The fraction of sp³-hybridized carbons (Fsp3) is 0.833. The van der Waals surface area contributed by atoms with Gasteiger partial charge in [-0.15, -0.1) is 0 Å². The molecule has 0 radical (unpaired) electrons. The summed E-state index contributed by atoms with van der Waals surface area (Å²) in [4.78, 5) is 7.06. The first-order chi connectivity index (χ1) is 7.05. The largest absolute Gasteiger partial charge is 0.470 e. The maximum atomic E-state index is 2.40. The van der Waals surface area contributed by atoms with Gasteiger partial charge in [0, 0.05) is 23.5 Å². The summed E-state index contributed by atoms with van der Waals surface area (Å²) < 4.78 is 0. The normalized spacial score (nSPS) is 17.9. The summed E-state index contributed by atoms with van der Waals surface area (Å²) in [5.41, 5.74) is 0.289. The molecule has 0 fully saturated rings. The van der Waals surface area contributed by atoms with E-state index in [1.54, 1.807) is 0 Å². The highest BCUT2D eigenvalue weighted by atomic mass is 15.4. The zero-order valence-electron chi connectivity index (χ0n) is 12.1. The zero-order chi connectivity index (χ0) is 12.7. The SMILES string of the molecule is CN(C)B1N(C(C)(C)C)C=CN1C(C)(C)C. The van der Waals surface area contributed by atoms with Crippen LogP contribution in [0, 0.1) is 0 Å². The van der Waals surface area contributed by atoms with Crippen molar-refractivity contribution in [2.75, 3.05) is 14.1 Å². The van der Waals surface area contributed by atoms with Crippen molar-refractivity contribution in [3.8, 4) is 0 Å². The van der Waals surface area contributed by atoms with Crippen molar-refractivity contribution in [3.05, 3.63) is 12.4 Å². The molecule has 0 bridgehead atoms. The lowest BCUT2D eigenvalue weighted by Gasteiger charge is -2.44. The van der Waals surface area contributed by atoms with Gasteiger partial charge in [0.1, 0.15) is 0 Å². The van der Waals surface area contributed by atoms with Crippen LogP contribution in [0.3, 0.4) is 0 Å². The van der Waals surface area contributed by atoms with Crippen molar-refractivity contribution in [1.29, 1.82) is 0 Å². The van der Waals surface area contributed by atoms with Crippen LogP contribution in [0.2, 0.25) is 0 Å². The predicted octanol–water partition coefficient (Wildman–Crippen LogP) is 2.22. The molecule has 1 heterocycles. The predicted molar refractivity (Wildman–Crippen MR) is 71.8 cm³/mol. The van der Waals surface area contributed by atoms with E-state index in [0.29, 0.717) is 7.12 Å². The molecule has 3 nitrogen and oxygen atoms in total. The van der Waals surface area contributed by atoms with Gasteiger partial charge in [-0.1, -0.05) is 0 Å². The highest BCUT2D eigenvalue weighted by molar-refractivity contribution is 6.51. The van der Waals surface area contributed by atoms with Crippen LogP contribution in [0.5, 0.6) is 0 Å². The molecule has 0 aliphatic carbocycles. The summed E-state index contributed by atoms with van der Waals surface area (Å²) >= 11 is 0. The molecule has 4 heteroatoms. The third-order valence-corrected chi connectivity index (χ3v) is 2.90. The molecule has 0 saturated heterocycles. The summed E-state index contributed by atoms with van der Waals surface area (Å²) in [5.74, 6) is 0.